The minimum absolute atomic E-state index is 0.00338. The topological polar surface area (TPSA) is 20.6 Å². The second kappa shape index (κ2) is 25.2. The summed E-state index contributed by atoms with van der Waals surface area (Å²) in [6.07, 6.45) is 0. The van der Waals surface area contributed by atoms with Gasteiger partial charge in [0.1, 0.15) is 11.5 Å². The molecule has 0 unspecified atom stereocenters. The first kappa shape index (κ1) is 59.5. The van der Waals surface area contributed by atoms with Gasteiger partial charge in [-0.25, -0.2) is 0 Å². The number of benzene rings is 14. The lowest BCUT2D eigenvalue weighted by atomic mass is 9.33. The maximum absolute atomic E-state index is 9.95. The van der Waals surface area contributed by atoms with Crippen LogP contribution in [-0.4, -0.2) is 11.3 Å². The van der Waals surface area contributed by atoms with Gasteiger partial charge in [-0.3, -0.25) is 0 Å². The Hall–Kier alpha value is -11.7. The highest BCUT2D eigenvalue weighted by molar-refractivity contribution is 7.00. The number of rotatable bonds is 9. The summed E-state index contributed by atoms with van der Waals surface area (Å²) in [5.74, 6) is 1.57. The molecule has 18 rings (SSSR count). The monoisotopic (exact) mass is 1410 g/mol. The van der Waals surface area contributed by atoms with Crippen LogP contribution in [0.1, 0.15) is 141 Å². The number of anilines is 6. The Bertz CT molecular complexity index is 6370. The Balaban J connectivity index is 1.07. The van der Waals surface area contributed by atoms with Crippen molar-refractivity contribution >= 4 is 79.0 Å². The van der Waals surface area contributed by atoms with Crippen molar-refractivity contribution in [3.63, 3.8) is 0 Å². The molecule has 0 N–H and O–H groups in total. The molecule has 3 aliphatic heterocycles. The molecule has 0 atom stereocenters. The molecular formula is C103H92BN3O. The Morgan fingerprint density at radius 3 is 1.16 bits per heavy atom. The summed E-state index contributed by atoms with van der Waals surface area (Å²) in [6.45, 7) is 31.5. The second-order valence-electron chi connectivity index (χ2n) is 34.4. The van der Waals surface area contributed by atoms with Crippen molar-refractivity contribution < 1.29 is 15.7 Å². The van der Waals surface area contributed by atoms with Crippen LogP contribution < -0.4 is 30.9 Å². The summed E-state index contributed by atoms with van der Waals surface area (Å²) in [5, 5.41) is 0.00675. The van der Waals surface area contributed by atoms with E-state index in [-0.39, 0.29) is 55.6 Å². The minimum atomic E-state index is -0.541. The van der Waals surface area contributed by atoms with Gasteiger partial charge in [-0.1, -0.05) is 321 Å². The summed E-state index contributed by atoms with van der Waals surface area (Å²) in [4.78, 5) is 5.07. The molecule has 0 saturated heterocycles. The molecule has 0 spiro atoms. The Morgan fingerprint density at radius 1 is 0.324 bits per heavy atom. The van der Waals surface area contributed by atoms with E-state index in [1.54, 1.807) is 4.57 Å². The predicted molar refractivity (Wildman–Crippen MR) is 461 cm³/mol. The molecule has 528 valence electrons. The van der Waals surface area contributed by atoms with E-state index in [9.17, 15) is 8.22 Å². The molecule has 0 aliphatic carbocycles. The number of aromatic nitrogens is 1. The molecule has 4 heterocycles. The van der Waals surface area contributed by atoms with Gasteiger partial charge in [0.15, 0.2) is 0 Å². The number of fused-ring (bicyclic) bond motifs is 9. The van der Waals surface area contributed by atoms with Crippen LogP contribution >= 0.6 is 0 Å². The molecule has 0 radical (unpaired) electrons. The van der Waals surface area contributed by atoms with Gasteiger partial charge in [-0.15, -0.1) is 0 Å². The number of ether oxygens (including phenoxy) is 1. The van der Waals surface area contributed by atoms with Gasteiger partial charge in [0.2, 0.25) is 0 Å². The summed E-state index contributed by atoms with van der Waals surface area (Å²) in [6, 6.07) is 89.5. The second-order valence-corrected chi connectivity index (χ2v) is 34.4. The average molecular weight is 1410 g/mol. The standard InChI is InChI=1S/C103H92BN3O/c1-99(2,3)73-53-71(54-74(59-73)100(4,5)6)69-48-51-86-90(55-69)106(97-80(65-33-19-15-20-34-65)60-75(101(7,8)9)61-81(97)66-35-21-16-22-36-66)92-56-72(70-47-50-85-95(58-70)108-94-46-32-29-43-84(94)103(85,13)14)57-93-96(92)104(86)87-52-49-77(105-88-44-30-27-41-78(88)79-42-28-31-45-89(79)105)64-91(87)107(93)98-82(67-37-23-17-24-38-67)62-76(102(10,11)12)63-83(98)68-39-25-18-26-40-68/h15-64H,1-14H3/i27D,28D,30D,31D,41D,42D,44D,45D. The summed E-state index contributed by atoms with van der Waals surface area (Å²) >= 11 is 0. The normalized spacial score (nSPS) is 14.8. The zero-order valence-electron chi connectivity index (χ0n) is 72.1. The van der Waals surface area contributed by atoms with Gasteiger partial charge in [-0.05, 0) is 184 Å². The molecule has 14 aromatic carbocycles. The van der Waals surface area contributed by atoms with E-state index < -0.39 is 48.4 Å². The molecule has 3 aliphatic rings. The first-order chi connectivity index (χ1) is 55.2. The summed E-state index contributed by atoms with van der Waals surface area (Å²) < 4.78 is 85.1. The highest BCUT2D eigenvalue weighted by Gasteiger charge is 2.47. The van der Waals surface area contributed by atoms with Gasteiger partial charge in [-0.2, -0.15) is 0 Å². The van der Waals surface area contributed by atoms with E-state index in [2.05, 4.69) is 349 Å². The van der Waals surface area contributed by atoms with Crippen molar-refractivity contribution in [2.75, 3.05) is 9.80 Å². The molecule has 1 aromatic heterocycles. The van der Waals surface area contributed by atoms with E-state index >= 15 is 0 Å². The number of para-hydroxylation sites is 3. The Morgan fingerprint density at radius 2 is 0.694 bits per heavy atom. The fourth-order valence-electron chi connectivity index (χ4n) is 16.9. The van der Waals surface area contributed by atoms with Crippen LogP contribution in [-0.2, 0) is 27.1 Å². The maximum Gasteiger partial charge on any atom is 0.252 e. The van der Waals surface area contributed by atoms with Crippen LogP contribution in [0.25, 0.3) is 94.3 Å². The van der Waals surface area contributed by atoms with Crippen molar-refractivity contribution in [2.45, 2.75) is 124 Å². The lowest BCUT2D eigenvalue weighted by Crippen LogP contribution is -2.61. The third-order valence-electron chi connectivity index (χ3n) is 22.9. The molecule has 0 amide bonds. The van der Waals surface area contributed by atoms with Crippen molar-refractivity contribution in [3.05, 3.63) is 337 Å². The Kier molecular flexibility index (Phi) is 13.9. The fraction of sp³-hybridized carbons (Fsp3) is 0.184. The molecule has 0 saturated carbocycles. The van der Waals surface area contributed by atoms with E-state index in [0.717, 1.165) is 145 Å². The van der Waals surface area contributed by atoms with E-state index in [1.165, 1.54) is 16.7 Å². The van der Waals surface area contributed by atoms with Gasteiger partial charge in [0.25, 0.3) is 6.71 Å². The largest absolute Gasteiger partial charge is 0.457 e. The molecule has 15 aromatic rings. The van der Waals surface area contributed by atoms with E-state index in [1.807, 2.05) is 12.1 Å². The molecule has 0 fully saturated rings. The Labute approximate surface area is 650 Å². The third kappa shape index (κ3) is 11.4. The number of hydrogen-bond donors (Lipinski definition) is 0. The van der Waals surface area contributed by atoms with Crippen LogP contribution in [0.3, 0.4) is 0 Å². The first-order valence-electron chi connectivity index (χ1n) is 41.9. The molecule has 4 nitrogen and oxygen atoms in total. The van der Waals surface area contributed by atoms with Gasteiger partial charge in [0, 0.05) is 78.0 Å². The molecular weight excluding hydrogens is 1310 g/mol. The first-order valence-corrected chi connectivity index (χ1v) is 37.9. The van der Waals surface area contributed by atoms with Crippen molar-refractivity contribution in [1.82, 2.24) is 4.57 Å². The highest BCUT2D eigenvalue weighted by Crippen LogP contribution is 2.57. The van der Waals surface area contributed by atoms with Crippen LogP contribution in [0.4, 0.5) is 34.1 Å². The minimum Gasteiger partial charge on any atom is -0.457 e. The quantitative estimate of drug-likeness (QED) is 0.134. The van der Waals surface area contributed by atoms with Gasteiger partial charge >= 0.3 is 0 Å². The molecule has 5 heteroatoms. The summed E-state index contributed by atoms with van der Waals surface area (Å²) in [5.41, 5.74) is 26.3. The van der Waals surface area contributed by atoms with Crippen LogP contribution in [0.5, 0.6) is 11.5 Å². The number of nitrogens with zero attached hydrogens (tertiary/aromatic N) is 3. The maximum atomic E-state index is 9.95. The lowest BCUT2D eigenvalue weighted by Gasteiger charge is -2.46. The zero-order chi connectivity index (χ0) is 81.5. The van der Waals surface area contributed by atoms with E-state index in [0.29, 0.717) is 5.69 Å². The smallest absolute Gasteiger partial charge is 0.252 e. The van der Waals surface area contributed by atoms with E-state index in [4.69, 9.17) is 7.48 Å². The zero-order valence-corrected chi connectivity index (χ0v) is 64.1. The SMILES string of the molecule is [2H]c1c([2H])c([2H])c2c(c1[2H])c1c([2H])c([2H])c([2H])c([2H])c1n2-c1ccc2c(c1)N(c1c(-c3ccccc3)cc(C(C)(C)C)cc1-c1ccccc1)c1cc(-c3ccc4c(c3)Oc3ccccc3C4(C)C)cc3c1B2c1ccc(-c2cc(C(C)(C)C)cc(C(C)(C)C)c2)cc1N3c1c(-c2ccccc2)cc(C(C)(C)C)cc1-c1ccccc1. The number of hydrogen-bond acceptors (Lipinski definition) is 3. The summed E-state index contributed by atoms with van der Waals surface area (Å²) in [7, 11) is 0. The van der Waals surface area contributed by atoms with Gasteiger partial charge in [0.05, 0.1) is 33.4 Å². The van der Waals surface area contributed by atoms with Crippen LogP contribution in [0.15, 0.2) is 303 Å². The van der Waals surface area contributed by atoms with Crippen molar-refractivity contribution in [1.29, 1.82) is 0 Å². The third-order valence-corrected chi connectivity index (χ3v) is 22.9. The predicted octanol–water partition coefficient (Wildman–Crippen LogP) is 26.5. The fourth-order valence-corrected chi connectivity index (χ4v) is 16.9. The molecule has 108 heavy (non-hydrogen) atoms. The van der Waals surface area contributed by atoms with Crippen LogP contribution in [0, 0.1) is 0 Å². The highest BCUT2D eigenvalue weighted by atomic mass is 16.5. The lowest BCUT2D eigenvalue weighted by molar-refractivity contribution is 0.418. The van der Waals surface area contributed by atoms with Crippen molar-refractivity contribution in [2.24, 2.45) is 0 Å². The average Bonchev–Trinajstić information content (AvgIpc) is 0.953. The van der Waals surface area contributed by atoms with Crippen molar-refractivity contribution in [3.8, 4) is 83.9 Å². The van der Waals surface area contributed by atoms with Crippen LogP contribution in [0.2, 0.25) is 0 Å². The van der Waals surface area contributed by atoms with Gasteiger partial charge < -0.3 is 19.1 Å². The molecule has 0 bridgehead atoms.